The van der Waals surface area contributed by atoms with Crippen molar-refractivity contribution in [1.82, 2.24) is 4.98 Å². The molecule has 4 nitrogen and oxygen atoms in total. The van der Waals surface area contributed by atoms with Crippen LogP contribution in [0.3, 0.4) is 0 Å². The monoisotopic (exact) mass is 284 g/mol. The number of nitrogens with one attached hydrogen (secondary N) is 2. The number of halogens is 1. The predicted molar refractivity (Wildman–Crippen MR) is 79.3 cm³/mol. The lowest BCUT2D eigenvalue weighted by Crippen LogP contribution is -2.04. The van der Waals surface area contributed by atoms with Crippen molar-refractivity contribution in [3.8, 4) is 0 Å². The molecule has 0 aliphatic carbocycles. The van der Waals surface area contributed by atoms with Crippen LogP contribution in [0.1, 0.15) is 10.4 Å². The Morgan fingerprint density at radius 2 is 2.00 bits per heavy atom. The summed E-state index contributed by atoms with van der Waals surface area (Å²) in [5.41, 5.74) is 1.75. The summed E-state index contributed by atoms with van der Waals surface area (Å²) in [5.74, 6) is -0.323. The van der Waals surface area contributed by atoms with Gasteiger partial charge >= 0.3 is 5.97 Å². The summed E-state index contributed by atoms with van der Waals surface area (Å²) in [6.45, 7) is 0. The highest BCUT2D eigenvalue weighted by Gasteiger charge is 2.19. The molecule has 2 N–H and O–H groups in total. The molecule has 0 aliphatic rings. The highest BCUT2D eigenvalue weighted by Crippen LogP contribution is 2.29. The summed E-state index contributed by atoms with van der Waals surface area (Å²) < 4.78 is 18.1. The first kappa shape index (κ1) is 13.2. The molecule has 5 heteroatoms. The van der Waals surface area contributed by atoms with E-state index in [0.717, 1.165) is 10.9 Å². The maximum Gasteiger partial charge on any atom is 0.342 e. The second-order valence-corrected chi connectivity index (χ2v) is 4.55. The van der Waals surface area contributed by atoms with Gasteiger partial charge in [0.25, 0.3) is 0 Å². The number of methoxy groups -OCH3 is 1. The van der Waals surface area contributed by atoms with E-state index in [9.17, 15) is 9.18 Å². The average Bonchev–Trinajstić information content (AvgIpc) is 2.84. The van der Waals surface area contributed by atoms with E-state index in [2.05, 4.69) is 10.3 Å². The lowest BCUT2D eigenvalue weighted by molar-refractivity contribution is 0.0604. The Morgan fingerprint density at radius 1 is 1.19 bits per heavy atom. The summed E-state index contributed by atoms with van der Waals surface area (Å²) >= 11 is 0. The van der Waals surface area contributed by atoms with Gasteiger partial charge in [-0.25, -0.2) is 9.18 Å². The van der Waals surface area contributed by atoms with Crippen LogP contribution in [-0.2, 0) is 4.74 Å². The minimum atomic E-state index is -0.452. The maximum atomic E-state index is 13.3. The molecule has 0 radical (unpaired) electrons. The van der Waals surface area contributed by atoms with Gasteiger partial charge in [-0.2, -0.15) is 0 Å². The molecule has 3 aromatic rings. The Morgan fingerprint density at radius 3 is 2.76 bits per heavy atom. The number of H-pyrrole nitrogens is 1. The Bertz CT molecular complexity index is 811. The average molecular weight is 284 g/mol. The zero-order valence-corrected chi connectivity index (χ0v) is 11.3. The van der Waals surface area contributed by atoms with Crippen molar-refractivity contribution >= 4 is 28.4 Å². The number of anilines is 2. The van der Waals surface area contributed by atoms with Crippen LogP contribution >= 0.6 is 0 Å². The number of fused-ring (bicyclic) bond motifs is 1. The number of aromatic amines is 1. The largest absolute Gasteiger partial charge is 0.465 e. The standard InChI is InChI=1S/C16H13FN2O2/c1-21-16(20)14-12-7-2-3-8-13(12)19-15(14)18-11-6-4-5-10(17)9-11/h2-9,18-19H,1H3. The molecule has 0 spiro atoms. The smallest absolute Gasteiger partial charge is 0.342 e. The van der Waals surface area contributed by atoms with Crippen LogP contribution in [0.15, 0.2) is 48.5 Å². The van der Waals surface area contributed by atoms with Gasteiger partial charge in [0.1, 0.15) is 17.2 Å². The second-order valence-electron chi connectivity index (χ2n) is 4.55. The molecular formula is C16H13FN2O2. The molecule has 0 fully saturated rings. The summed E-state index contributed by atoms with van der Waals surface area (Å²) in [4.78, 5) is 15.1. The zero-order chi connectivity index (χ0) is 14.8. The fourth-order valence-corrected chi connectivity index (χ4v) is 2.26. The van der Waals surface area contributed by atoms with Gasteiger partial charge in [-0.1, -0.05) is 24.3 Å². The maximum absolute atomic E-state index is 13.3. The SMILES string of the molecule is COC(=O)c1c(Nc2cccc(F)c2)[nH]c2ccccc12. The number of para-hydroxylation sites is 1. The minimum Gasteiger partial charge on any atom is -0.465 e. The third-order valence-corrected chi connectivity index (χ3v) is 3.19. The molecule has 1 aromatic heterocycles. The number of benzene rings is 2. The number of ether oxygens (including phenoxy) is 1. The van der Waals surface area contributed by atoms with Gasteiger partial charge < -0.3 is 15.0 Å². The van der Waals surface area contributed by atoms with Gasteiger partial charge in [-0.05, 0) is 24.3 Å². The highest BCUT2D eigenvalue weighted by molar-refractivity contribution is 6.09. The van der Waals surface area contributed by atoms with Gasteiger partial charge in [-0.3, -0.25) is 0 Å². The molecule has 0 atom stereocenters. The molecule has 1 heterocycles. The number of hydrogen-bond acceptors (Lipinski definition) is 3. The number of carbonyl (C=O) groups is 1. The fourth-order valence-electron chi connectivity index (χ4n) is 2.26. The van der Waals surface area contributed by atoms with Gasteiger partial charge in [-0.15, -0.1) is 0 Å². The first-order valence-corrected chi connectivity index (χ1v) is 6.40. The molecule has 0 amide bonds. The van der Waals surface area contributed by atoms with Crippen molar-refractivity contribution in [1.29, 1.82) is 0 Å². The Kier molecular flexibility index (Phi) is 3.31. The van der Waals surface area contributed by atoms with E-state index in [4.69, 9.17) is 4.74 Å². The van der Waals surface area contributed by atoms with E-state index in [-0.39, 0.29) is 5.82 Å². The highest BCUT2D eigenvalue weighted by atomic mass is 19.1. The molecular weight excluding hydrogens is 271 g/mol. The molecule has 0 bridgehead atoms. The Balaban J connectivity index is 2.11. The topological polar surface area (TPSA) is 54.1 Å². The van der Waals surface area contributed by atoms with Crippen LogP contribution in [0.5, 0.6) is 0 Å². The summed E-state index contributed by atoms with van der Waals surface area (Å²) in [6.07, 6.45) is 0. The normalized spacial score (nSPS) is 10.6. The van der Waals surface area contributed by atoms with Crippen molar-refractivity contribution in [2.75, 3.05) is 12.4 Å². The van der Waals surface area contributed by atoms with Gasteiger partial charge in [0, 0.05) is 16.6 Å². The Labute approximate surface area is 120 Å². The fraction of sp³-hybridized carbons (Fsp3) is 0.0625. The molecule has 0 saturated carbocycles. The van der Waals surface area contributed by atoms with E-state index in [1.165, 1.54) is 19.2 Å². The number of aromatic nitrogens is 1. The van der Waals surface area contributed by atoms with Crippen molar-refractivity contribution in [3.63, 3.8) is 0 Å². The van der Waals surface area contributed by atoms with Crippen molar-refractivity contribution in [2.24, 2.45) is 0 Å². The van der Waals surface area contributed by atoms with Gasteiger partial charge in [0.2, 0.25) is 0 Å². The molecule has 0 unspecified atom stereocenters. The quantitative estimate of drug-likeness (QED) is 0.718. The number of carbonyl (C=O) groups excluding carboxylic acids is 1. The molecule has 3 rings (SSSR count). The first-order valence-electron chi connectivity index (χ1n) is 6.40. The number of rotatable bonds is 3. The molecule has 21 heavy (non-hydrogen) atoms. The van der Waals surface area contributed by atoms with Crippen LogP contribution in [0, 0.1) is 5.82 Å². The van der Waals surface area contributed by atoms with E-state index in [1.54, 1.807) is 12.1 Å². The summed E-state index contributed by atoms with van der Waals surface area (Å²) in [5, 5.41) is 3.77. The summed E-state index contributed by atoms with van der Waals surface area (Å²) in [6, 6.07) is 13.4. The molecule has 0 aliphatic heterocycles. The van der Waals surface area contributed by atoms with E-state index in [0.29, 0.717) is 17.1 Å². The Hall–Kier alpha value is -2.82. The molecule has 106 valence electrons. The zero-order valence-electron chi connectivity index (χ0n) is 11.3. The van der Waals surface area contributed by atoms with Gasteiger partial charge in [0.05, 0.1) is 7.11 Å². The summed E-state index contributed by atoms with van der Waals surface area (Å²) in [7, 11) is 1.33. The number of hydrogen-bond donors (Lipinski definition) is 2. The van der Waals surface area contributed by atoms with Crippen molar-refractivity contribution in [3.05, 3.63) is 59.9 Å². The van der Waals surface area contributed by atoms with E-state index < -0.39 is 5.97 Å². The van der Waals surface area contributed by atoms with Crippen LogP contribution in [0.25, 0.3) is 10.9 Å². The minimum absolute atomic E-state index is 0.351. The second kappa shape index (κ2) is 5.28. The number of esters is 1. The van der Waals surface area contributed by atoms with Crippen LogP contribution in [0.4, 0.5) is 15.9 Å². The van der Waals surface area contributed by atoms with E-state index >= 15 is 0 Å². The first-order chi connectivity index (χ1) is 10.2. The third kappa shape index (κ3) is 2.45. The predicted octanol–water partition coefficient (Wildman–Crippen LogP) is 3.84. The molecule has 2 aromatic carbocycles. The third-order valence-electron chi connectivity index (χ3n) is 3.19. The lowest BCUT2D eigenvalue weighted by Gasteiger charge is -2.06. The van der Waals surface area contributed by atoms with E-state index in [1.807, 2.05) is 24.3 Å². The van der Waals surface area contributed by atoms with Crippen molar-refractivity contribution < 1.29 is 13.9 Å². The lowest BCUT2D eigenvalue weighted by atomic mass is 10.1. The van der Waals surface area contributed by atoms with Crippen LogP contribution in [0.2, 0.25) is 0 Å². The van der Waals surface area contributed by atoms with Gasteiger partial charge in [0.15, 0.2) is 0 Å². The van der Waals surface area contributed by atoms with Crippen LogP contribution < -0.4 is 5.32 Å². The van der Waals surface area contributed by atoms with Crippen LogP contribution in [-0.4, -0.2) is 18.1 Å². The molecule has 0 saturated heterocycles. The van der Waals surface area contributed by atoms with Crippen molar-refractivity contribution in [2.45, 2.75) is 0 Å².